The largest absolute Gasteiger partial charge is 0.338 e. The molecule has 1 amide bonds. The second-order valence-electron chi connectivity index (χ2n) is 7.07. The van der Waals surface area contributed by atoms with Crippen LogP contribution in [0.15, 0.2) is 30.3 Å². The van der Waals surface area contributed by atoms with Crippen LogP contribution in [0.25, 0.3) is 0 Å². The molecule has 0 aromatic heterocycles. The van der Waals surface area contributed by atoms with E-state index in [1.165, 1.54) is 12.8 Å². The second kappa shape index (κ2) is 4.09. The molecule has 1 aromatic rings. The molecule has 2 fully saturated rings. The summed E-state index contributed by atoms with van der Waals surface area (Å²) in [5, 5.41) is 0. The maximum atomic E-state index is 12.6. The van der Waals surface area contributed by atoms with Gasteiger partial charge in [-0.2, -0.15) is 0 Å². The first-order chi connectivity index (χ1) is 8.94. The maximum absolute atomic E-state index is 12.6. The molecular formula is C17H23NO. The van der Waals surface area contributed by atoms with Crippen molar-refractivity contribution in [2.75, 3.05) is 13.1 Å². The molecule has 3 rings (SSSR count). The summed E-state index contributed by atoms with van der Waals surface area (Å²) < 4.78 is 0. The Bertz CT molecular complexity index is 493. The fourth-order valence-electron chi connectivity index (χ4n) is 3.94. The predicted octanol–water partition coefficient (Wildman–Crippen LogP) is 3.58. The molecule has 102 valence electrons. The average molecular weight is 257 g/mol. The Morgan fingerprint density at radius 3 is 2.53 bits per heavy atom. The summed E-state index contributed by atoms with van der Waals surface area (Å²) in [6, 6.07) is 9.69. The minimum absolute atomic E-state index is 0.203. The molecule has 1 saturated heterocycles. The topological polar surface area (TPSA) is 20.3 Å². The molecule has 2 heteroatoms. The van der Waals surface area contributed by atoms with E-state index in [9.17, 15) is 4.79 Å². The molecule has 1 aliphatic heterocycles. The van der Waals surface area contributed by atoms with Crippen LogP contribution in [0, 0.1) is 16.7 Å². The van der Waals surface area contributed by atoms with Crippen LogP contribution in [-0.2, 0) is 0 Å². The zero-order valence-corrected chi connectivity index (χ0v) is 12.1. The van der Waals surface area contributed by atoms with Gasteiger partial charge in [-0.05, 0) is 41.7 Å². The lowest BCUT2D eigenvalue weighted by Crippen LogP contribution is -2.53. The molecular weight excluding hydrogens is 234 g/mol. The van der Waals surface area contributed by atoms with Crippen molar-refractivity contribution >= 4 is 5.91 Å². The van der Waals surface area contributed by atoms with Gasteiger partial charge in [-0.15, -0.1) is 0 Å². The van der Waals surface area contributed by atoms with Crippen LogP contribution in [-0.4, -0.2) is 23.9 Å². The van der Waals surface area contributed by atoms with Crippen LogP contribution >= 0.6 is 0 Å². The lowest BCUT2D eigenvalue weighted by Gasteiger charge is -2.50. The number of carbonyl (C=O) groups excluding carboxylic acids is 1. The monoisotopic (exact) mass is 257 g/mol. The number of benzene rings is 1. The summed E-state index contributed by atoms with van der Waals surface area (Å²) in [5.41, 5.74) is 1.46. The fourth-order valence-corrected chi connectivity index (χ4v) is 3.94. The molecule has 2 bridgehead atoms. The third-order valence-corrected chi connectivity index (χ3v) is 5.91. The van der Waals surface area contributed by atoms with Gasteiger partial charge in [-0.3, -0.25) is 4.79 Å². The zero-order chi connectivity index (χ0) is 13.7. The Hall–Kier alpha value is -1.31. The molecule has 19 heavy (non-hydrogen) atoms. The SMILES string of the molecule is CC1(C)[C@@H]2CC[C@@]1(C)CN(C(=O)c1ccccc1)C2. The van der Waals surface area contributed by atoms with Gasteiger partial charge in [0.15, 0.2) is 0 Å². The summed E-state index contributed by atoms with van der Waals surface area (Å²) in [6.07, 6.45) is 2.52. The summed E-state index contributed by atoms with van der Waals surface area (Å²) in [7, 11) is 0. The van der Waals surface area contributed by atoms with E-state index in [2.05, 4.69) is 25.7 Å². The standard InChI is InChI=1S/C17H23NO/c1-16(2)14-9-10-17(16,3)12-18(11-14)15(19)13-7-5-4-6-8-13/h4-8,14H,9-12H2,1-3H3/t14-,17+/m1/s1. The molecule has 0 N–H and O–H groups in total. The van der Waals surface area contributed by atoms with Gasteiger partial charge in [0, 0.05) is 18.7 Å². The van der Waals surface area contributed by atoms with E-state index < -0.39 is 0 Å². The molecule has 1 heterocycles. The van der Waals surface area contributed by atoms with Crippen molar-refractivity contribution in [3.8, 4) is 0 Å². The van der Waals surface area contributed by atoms with Crippen LogP contribution < -0.4 is 0 Å². The van der Waals surface area contributed by atoms with Gasteiger partial charge in [0.25, 0.3) is 5.91 Å². The highest BCUT2D eigenvalue weighted by atomic mass is 16.2. The Morgan fingerprint density at radius 2 is 1.89 bits per heavy atom. The van der Waals surface area contributed by atoms with Crippen molar-refractivity contribution in [1.82, 2.24) is 4.90 Å². The molecule has 2 nitrogen and oxygen atoms in total. The lowest BCUT2D eigenvalue weighted by atomic mass is 9.63. The first-order valence-electron chi connectivity index (χ1n) is 7.28. The van der Waals surface area contributed by atoms with Crippen molar-refractivity contribution in [2.45, 2.75) is 33.6 Å². The summed E-state index contributed by atoms with van der Waals surface area (Å²) >= 11 is 0. The molecule has 2 atom stereocenters. The third kappa shape index (κ3) is 1.80. The van der Waals surface area contributed by atoms with Gasteiger partial charge in [-0.1, -0.05) is 39.0 Å². The van der Waals surface area contributed by atoms with E-state index >= 15 is 0 Å². The highest BCUT2D eigenvalue weighted by Gasteiger charge is 2.56. The van der Waals surface area contributed by atoms with Crippen LogP contribution in [0.1, 0.15) is 44.0 Å². The number of piperidine rings is 1. The summed E-state index contributed by atoms with van der Waals surface area (Å²) in [6.45, 7) is 8.96. The van der Waals surface area contributed by atoms with E-state index in [0.717, 1.165) is 18.7 Å². The van der Waals surface area contributed by atoms with Gasteiger partial charge in [0.2, 0.25) is 0 Å². The molecule has 0 spiro atoms. The van der Waals surface area contributed by atoms with E-state index in [1.807, 2.05) is 30.3 Å². The molecule has 1 aromatic carbocycles. The van der Waals surface area contributed by atoms with Gasteiger partial charge in [0.05, 0.1) is 0 Å². The Balaban J connectivity index is 1.85. The van der Waals surface area contributed by atoms with E-state index in [-0.39, 0.29) is 11.3 Å². The smallest absolute Gasteiger partial charge is 0.253 e. The van der Waals surface area contributed by atoms with E-state index in [0.29, 0.717) is 11.3 Å². The molecule has 1 saturated carbocycles. The van der Waals surface area contributed by atoms with Crippen LogP contribution in [0.4, 0.5) is 0 Å². The number of hydrogen-bond acceptors (Lipinski definition) is 1. The number of carbonyl (C=O) groups is 1. The minimum Gasteiger partial charge on any atom is -0.338 e. The van der Waals surface area contributed by atoms with Gasteiger partial charge >= 0.3 is 0 Å². The number of likely N-dealkylation sites (tertiary alicyclic amines) is 1. The number of fused-ring (bicyclic) bond motifs is 2. The number of nitrogens with zero attached hydrogens (tertiary/aromatic N) is 1. The molecule has 1 aliphatic carbocycles. The first-order valence-corrected chi connectivity index (χ1v) is 7.28. The Kier molecular flexibility index (Phi) is 2.74. The number of rotatable bonds is 1. The Morgan fingerprint density at radius 1 is 1.21 bits per heavy atom. The van der Waals surface area contributed by atoms with Crippen molar-refractivity contribution in [2.24, 2.45) is 16.7 Å². The van der Waals surface area contributed by atoms with E-state index in [1.54, 1.807) is 0 Å². The number of amides is 1. The van der Waals surface area contributed by atoms with Gasteiger partial charge < -0.3 is 4.90 Å². The third-order valence-electron chi connectivity index (χ3n) is 5.91. The van der Waals surface area contributed by atoms with Crippen LogP contribution in [0.3, 0.4) is 0 Å². The average Bonchev–Trinajstić information content (AvgIpc) is 2.57. The van der Waals surface area contributed by atoms with Gasteiger partial charge in [-0.25, -0.2) is 0 Å². The zero-order valence-electron chi connectivity index (χ0n) is 12.1. The quantitative estimate of drug-likeness (QED) is 0.753. The van der Waals surface area contributed by atoms with Crippen molar-refractivity contribution < 1.29 is 4.79 Å². The first kappa shape index (κ1) is 12.7. The van der Waals surface area contributed by atoms with Crippen molar-refractivity contribution in [1.29, 1.82) is 0 Å². The van der Waals surface area contributed by atoms with Crippen molar-refractivity contribution in [3.63, 3.8) is 0 Å². The van der Waals surface area contributed by atoms with Crippen LogP contribution in [0.2, 0.25) is 0 Å². The molecule has 2 aliphatic rings. The Labute approximate surface area is 115 Å². The second-order valence-corrected chi connectivity index (χ2v) is 7.07. The minimum atomic E-state index is 0.203. The molecule has 0 radical (unpaired) electrons. The van der Waals surface area contributed by atoms with E-state index in [4.69, 9.17) is 0 Å². The highest BCUT2D eigenvalue weighted by Crippen LogP contribution is 2.59. The van der Waals surface area contributed by atoms with Crippen LogP contribution in [0.5, 0.6) is 0 Å². The van der Waals surface area contributed by atoms with Gasteiger partial charge in [0.1, 0.15) is 0 Å². The normalized spacial score (nSPS) is 32.4. The number of hydrogen-bond donors (Lipinski definition) is 0. The molecule has 0 unspecified atom stereocenters. The van der Waals surface area contributed by atoms with Crippen molar-refractivity contribution in [3.05, 3.63) is 35.9 Å². The summed E-state index contributed by atoms with van der Waals surface area (Å²) in [4.78, 5) is 14.7. The fraction of sp³-hybridized carbons (Fsp3) is 0.588. The lowest BCUT2D eigenvalue weighted by molar-refractivity contribution is -0.0107. The highest BCUT2D eigenvalue weighted by molar-refractivity contribution is 5.94. The summed E-state index contributed by atoms with van der Waals surface area (Å²) in [5.74, 6) is 0.855. The predicted molar refractivity (Wildman–Crippen MR) is 77.0 cm³/mol. The maximum Gasteiger partial charge on any atom is 0.253 e.